The smallest absolute Gasteiger partial charge is 0.493 e. The summed E-state index contributed by atoms with van der Waals surface area (Å²) in [4.78, 5) is 0. The molecule has 0 radical (unpaired) electrons. The molecule has 3 rings (SSSR count). The molecule has 0 atom stereocenters. The summed E-state index contributed by atoms with van der Waals surface area (Å²) in [6.07, 6.45) is 14.8. The Kier molecular flexibility index (Phi) is 17.3. The van der Waals surface area contributed by atoms with E-state index in [2.05, 4.69) is 76.2 Å². The van der Waals surface area contributed by atoms with Crippen molar-refractivity contribution >= 4 is 11.4 Å². The van der Waals surface area contributed by atoms with Crippen LogP contribution in [0.3, 0.4) is 0 Å². The number of hydrogen-bond acceptors (Lipinski definition) is 0. The molecule has 0 bridgehead atoms. The van der Waals surface area contributed by atoms with Gasteiger partial charge in [0.05, 0.1) is 0 Å². The van der Waals surface area contributed by atoms with Crippen LogP contribution in [0.15, 0.2) is 59.7 Å². The Morgan fingerprint density at radius 1 is 0.649 bits per heavy atom. The summed E-state index contributed by atoms with van der Waals surface area (Å²) in [5.41, 5.74) is 20.6. The van der Waals surface area contributed by atoms with Gasteiger partial charge in [-0.05, 0) is 74.4 Å². The molecule has 0 N–H and O–H groups in total. The summed E-state index contributed by atoms with van der Waals surface area (Å²) in [5, 5.41) is 0. The first-order valence-corrected chi connectivity index (χ1v) is 13.7. The molecule has 3 heteroatoms. The molecule has 1 aliphatic heterocycles. The van der Waals surface area contributed by atoms with Crippen LogP contribution in [0, 0.1) is 14.9 Å². The van der Waals surface area contributed by atoms with Crippen molar-refractivity contribution in [2.24, 2.45) is 0 Å². The quantitative estimate of drug-likeness (QED) is 0.0977. The van der Waals surface area contributed by atoms with Crippen molar-refractivity contribution in [3.8, 4) is 0 Å². The van der Waals surface area contributed by atoms with Gasteiger partial charge in [0.15, 0.2) is 0 Å². The van der Waals surface area contributed by atoms with Gasteiger partial charge in [-0.2, -0.15) is 0 Å². The monoisotopic (exact) mass is 544 g/mol. The number of rotatable bonds is 14. The first-order chi connectivity index (χ1) is 16.6. The predicted molar refractivity (Wildman–Crippen MR) is 159 cm³/mol. The zero-order valence-electron chi connectivity index (χ0n) is 24.3. The minimum Gasteiger partial charge on any atom is -0.493 e. The Hall–Kier alpha value is -1.99. The number of nitrogens with zero attached hydrogens (tertiary/aromatic N) is 2. The number of aryl methyl sites for hydroxylation is 2. The summed E-state index contributed by atoms with van der Waals surface area (Å²) in [5.74, 6) is 0. The van der Waals surface area contributed by atoms with Crippen molar-refractivity contribution in [3.05, 3.63) is 102 Å². The first kappa shape index (κ1) is 35.0. The van der Waals surface area contributed by atoms with Gasteiger partial charge in [0.25, 0.3) is 0 Å². The molecule has 2 nitrogen and oxygen atoms in total. The predicted octanol–water partition coefficient (Wildman–Crippen LogP) is 10.8. The number of benzene rings is 2. The summed E-state index contributed by atoms with van der Waals surface area (Å²) >= 11 is 0. The molecule has 0 aliphatic carbocycles. The molecule has 206 valence electrons. The maximum Gasteiger partial charge on any atom is 2.00 e. The van der Waals surface area contributed by atoms with Gasteiger partial charge < -0.3 is 20.4 Å². The zero-order valence-corrected chi connectivity index (χ0v) is 25.3. The van der Waals surface area contributed by atoms with Gasteiger partial charge in [0, 0.05) is 22.3 Å². The number of unbranched alkanes of at least 4 members (excludes halogenated alkanes) is 7. The van der Waals surface area contributed by atoms with Crippen LogP contribution >= 0.6 is 0 Å². The summed E-state index contributed by atoms with van der Waals surface area (Å²) in [6, 6.07) is 17.6. The summed E-state index contributed by atoms with van der Waals surface area (Å²) in [6.45, 7) is 8.85. The topological polar surface area (TPSA) is 25.3 Å². The third-order valence-corrected chi connectivity index (χ3v) is 7.19. The molecule has 0 unspecified atom stereocenters. The van der Waals surface area contributed by atoms with E-state index < -0.39 is 0 Å². The van der Waals surface area contributed by atoms with Gasteiger partial charge >= 0.3 is 16.5 Å². The standard InChI is InChI=1S/C32H44N2.2CH3.Ni/c1-5-8-10-11-12-14-16-26-20-22-28(23-21-26)32-30(7-3)25(4)31(34(32)33)29-19-15-18-27(24-29)17-13-9-6-2;;;/h15,18-24H,5-14,16-17H2,1-4H3;2*1H3;/q;2*-1;+2. The average molecular weight is 545 g/mol. The fourth-order valence-electron chi connectivity index (χ4n) is 5.18. The van der Waals surface area contributed by atoms with E-state index in [0.717, 1.165) is 41.8 Å². The summed E-state index contributed by atoms with van der Waals surface area (Å²) in [7, 11) is 0. The van der Waals surface area contributed by atoms with Crippen LogP contribution in [0.2, 0.25) is 0 Å². The van der Waals surface area contributed by atoms with Gasteiger partial charge in [0.1, 0.15) is 0 Å². The number of hydrogen-bond donors (Lipinski definition) is 0. The summed E-state index contributed by atoms with van der Waals surface area (Å²) < 4.78 is 1.45. The molecule has 0 spiro atoms. The van der Waals surface area contributed by atoms with Gasteiger partial charge in [-0.25, -0.2) is 4.70 Å². The third kappa shape index (κ3) is 9.36. The zero-order chi connectivity index (χ0) is 24.3. The molecule has 1 aliphatic rings. The number of allylic oxidation sites excluding steroid dienone is 2. The van der Waals surface area contributed by atoms with Crippen LogP contribution in [0.5, 0.6) is 0 Å². The minimum absolute atomic E-state index is 0. The molecule has 0 aromatic heterocycles. The Balaban J connectivity index is 0.00000432. The Bertz CT molecular complexity index is 1010. The molecule has 0 saturated heterocycles. The maximum absolute atomic E-state index is 11.4. The van der Waals surface area contributed by atoms with Crippen molar-refractivity contribution in [2.45, 2.75) is 105 Å². The van der Waals surface area contributed by atoms with Crippen LogP contribution in [0.25, 0.3) is 16.9 Å². The van der Waals surface area contributed by atoms with Crippen molar-refractivity contribution in [1.82, 2.24) is 0 Å². The van der Waals surface area contributed by atoms with Crippen LogP contribution in [0.4, 0.5) is 0 Å². The van der Waals surface area contributed by atoms with E-state index >= 15 is 0 Å². The molecule has 37 heavy (non-hydrogen) atoms. The Morgan fingerprint density at radius 2 is 1.22 bits per heavy atom. The second kappa shape index (κ2) is 18.3. The first-order valence-electron chi connectivity index (χ1n) is 13.7. The van der Waals surface area contributed by atoms with Gasteiger partial charge in [0.2, 0.25) is 11.4 Å². The van der Waals surface area contributed by atoms with E-state index in [-0.39, 0.29) is 31.3 Å². The third-order valence-electron chi connectivity index (χ3n) is 7.19. The molecular weight excluding hydrogens is 495 g/mol. The Morgan fingerprint density at radius 3 is 1.86 bits per heavy atom. The SMILES string of the molecule is CCCCCCCCc1ccc(C2=C(CC)C(C)=C(c3cccc(CCCCC)c3)[N+]2=[N-])cc1.[CH3-].[CH3-].[Ni+2]. The second-order valence-electron chi connectivity index (χ2n) is 9.84. The molecule has 2 aromatic rings. The van der Waals surface area contributed by atoms with Gasteiger partial charge in [-0.15, -0.1) is 0 Å². The molecule has 1 heterocycles. The minimum atomic E-state index is 0. The molecular formula is C34H50N2Ni. The molecule has 2 aromatic carbocycles. The van der Waals surface area contributed by atoms with Crippen molar-refractivity contribution < 1.29 is 21.2 Å². The maximum atomic E-state index is 11.4. The van der Waals surface area contributed by atoms with Crippen molar-refractivity contribution in [2.75, 3.05) is 0 Å². The van der Waals surface area contributed by atoms with E-state index in [9.17, 15) is 5.53 Å². The van der Waals surface area contributed by atoms with E-state index in [1.807, 2.05) is 0 Å². The van der Waals surface area contributed by atoms with E-state index in [1.54, 1.807) is 0 Å². The molecule has 0 saturated carbocycles. The van der Waals surface area contributed by atoms with E-state index in [1.165, 1.54) is 84.8 Å². The Labute approximate surface area is 239 Å². The van der Waals surface area contributed by atoms with Crippen LogP contribution < -0.4 is 0 Å². The fraction of sp³-hybridized carbons (Fsp3) is 0.471. The van der Waals surface area contributed by atoms with Crippen LogP contribution in [-0.4, -0.2) is 4.70 Å². The van der Waals surface area contributed by atoms with Crippen LogP contribution in [-0.2, 0) is 29.3 Å². The average Bonchev–Trinajstić information content (AvgIpc) is 3.11. The van der Waals surface area contributed by atoms with Crippen LogP contribution in [0.1, 0.15) is 114 Å². The van der Waals surface area contributed by atoms with E-state index in [4.69, 9.17) is 0 Å². The van der Waals surface area contributed by atoms with Gasteiger partial charge in [-0.1, -0.05) is 90.0 Å². The van der Waals surface area contributed by atoms with Crippen molar-refractivity contribution in [3.63, 3.8) is 0 Å². The second-order valence-corrected chi connectivity index (χ2v) is 9.84. The van der Waals surface area contributed by atoms with E-state index in [0.29, 0.717) is 0 Å². The van der Waals surface area contributed by atoms with Gasteiger partial charge in [-0.3, -0.25) is 0 Å². The molecule has 0 amide bonds. The largest absolute Gasteiger partial charge is 2.00 e. The normalized spacial score (nSPS) is 12.8. The van der Waals surface area contributed by atoms with Crippen molar-refractivity contribution in [1.29, 1.82) is 0 Å². The fourth-order valence-corrected chi connectivity index (χ4v) is 5.18. The molecule has 0 fully saturated rings.